The number of nitrogens with zero attached hydrogens (tertiary/aromatic N) is 1. The maximum Gasteiger partial charge on any atom is 0.418 e. The van der Waals surface area contributed by atoms with Crippen molar-refractivity contribution in [1.29, 1.82) is 0 Å². The Morgan fingerprint density at radius 2 is 1.86 bits per heavy atom. The molecule has 5 heteroatoms. The van der Waals surface area contributed by atoms with Crippen molar-refractivity contribution in [3.05, 3.63) is 29.8 Å². The predicted octanol–water partition coefficient (Wildman–Crippen LogP) is 3.69. The summed E-state index contributed by atoms with van der Waals surface area (Å²) < 4.78 is 38.4. The summed E-state index contributed by atoms with van der Waals surface area (Å²) in [6.07, 6.45) is -4.36. The standard InChI is InChI=1S/C9H9ClF3N/c1-2-14(10)8-6-4-3-5-7(8)9(11,12)13/h3-6H,2H2,1H3. The predicted molar refractivity (Wildman–Crippen MR) is 50.3 cm³/mol. The van der Waals surface area contributed by atoms with Crippen molar-refractivity contribution < 1.29 is 13.2 Å². The van der Waals surface area contributed by atoms with Gasteiger partial charge in [0.1, 0.15) is 0 Å². The van der Waals surface area contributed by atoms with E-state index in [1.165, 1.54) is 18.2 Å². The normalized spacial score (nSPS) is 11.5. The minimum Gasteiger partial charge on any atom is -0.285 e. The summed E-state index contributed by atoms with van der Waals surface area (Å²) in [7, 11) is 0. The third-order valence-corrected chi connectivity index (χ3v) is 2.17. The van der Waals surface area contributed by atoms with Crippen LogP contribution in [0, 0.1) is 0 Å². The van der Waals surface area contributed by atoms with Crippen molar-refractivity contribution in [2.45, 2.75) is 13.1 Å². The van der Waals surface area contributed by atoms with Crippen molar-refractivity contribution in [2.24, 2.45) is 0 Å². The zero-order valence-corrected chi connectivity index (χ0v) is 8.23. The van der Waals surface area contributed by atoms with Gasteiger partial charge in [0.15, 0.2) is 0 Å². The molecular formula is C9H9ClF3N. The van der Waals surface area contributed by atoms with Crippen LogP contribution in [-0.2, 0) is 6.18 Å². The molecular weight excluding hydrogens is 215 g/mol. The SMILES string of the molecule is CCN(Cl)c1ccccc1C(F)(F)F. The molecule has 0 unspecified atom stereocenters. The molecule has 0 fully saturated rings. The van der Waals surface area contributed by atoms with Gasteiger partial charge in [0.2, 0.25) is 0 Å². The minimum absolute atomic E-state index is 0.0100. The molecule has 0 aromatic heterocycles. The molecule has 0 N–H and O–H groups in total. The van der Waals surface area contributed by atoms with Crippen LogP contribution in [0.1, 0.15) is 12.5 Å². The maximum absolute atomic E-state index is 12.5. The molecule has 0 aliphatic carbocycles. The van der Waals surface area contributed by atoms with Crippen LogP contribution < -0.4 is 4.42 Å². The topological polar surface area (TPSA) is 3.24 Å². The Morgan fingerprint density at radius 3 is 2.36 bits per heavy atom. The average molecular weight is 224 g/mol. The lowest BCUT2D eigenvalue weighted by Crippen LogP contribution is -2.15. The van der Waals surface area contributed by atoms with Gasteiger partial charge >= 0.3 is 6.18 Å². The third kappa shape index (κ3) is 2.32. The Morgan fingerprint density at radius 1 is 1.29 bits per heavy atom. The number of hydrogen-bond acceptors (Lipinski definition) is 1. The fourth-order valence-electron chi connectivity index (χ4n) is 1.10. The first-order valence-corrected chi connectivity index (χ1v) is 4.40. The Bertz CT molecular complexity index is 311. The lowest BCUT2D eigenvalue weighted by molar-refractivity contribution is -0.137. The Balaban J connectivity index is 3.16. The summed E-state index contributed by atoms with van der Waals surface area (Å²) in [5.74, 6) is 0. The van der Waals surface area contributed by atoms with E-state index in [9.17, 15) is 13.2 Å². The quantitative estimate of drug-likeness (QED) is 0.692. The second-order valence-corrected chi connectivity index (χ2v) is 3.10. The van der Waals surface area contributed by atoms with Gasteiger partial charge in [-0.1, -0.05) is 12.1 Å². The van der Waals surface area contributed by atoms with Gasteiger partial charge in [0, 0.05) is 18.3 Å². The van der Waals surface area contributed by atoms with Crippen LogP contribution in [0.3, 0.4) is 0 Å². The molecule has 1 rings (SSSR count). The Labute approximate surface area is 85.2 Å². The van der Waals surface area contributed by atoms with E-state index in [1.807, 2.05) is 0 Å². The van der Waals surface area contributed by atoms with E-state index < -0.39 is 11.7 Å². The Hall–Kier alpha value is -0.900. The zero-order chi connectivity index (χ0) is 10.8. The molecule has 0 radical (unpaired) electrons. The van der Waals surface area contributed by atoms with Gasteiger partial charge in [-0.25, -0.2) is 0 Å². The summed E-state index contributed by atoms with van der Waals surface area (Å²) >= 11 is 5.64. The van der Waals surface area contributed by atoms with E-state index in [-0.39, 0.29) is 5.69 Å². The highest BCUT2D eigenvalue weighted by Crippen LogP contribution is 2.36. The largest absolute Gasteiger partial charge is 0.418 e. The molecule has 0 spiro atoms. The number of rotatable bonds is 2. The summed E-state index contributed by atoms with van der Waals surface area (Å²) in [4.78, 5) is 0. The van der Waals surface area contributed by atoms with Crippen LogP contribution in [0.25, 0.3) is 0 Å². The summed E-state index contributed by atoms with van der Waals surface area (Å²) in [5.41, 5.74) is -0.721. The number of alkyl halides is 3. The second kappa shape index (κ2) is 4.09. The third-order valence-electron chi connectivity index (χ3n) is 1.75. The molecule has 0 aliphatic rings. The first-order valence-electron chi connectivity index (χ1n) is 4.06. The van der Waals surface area contributed by atoms with Crippen molar-refractivity contribution >= 4 is 17.5 Å². The highest BCUT2D eigenvalue weighted by Gasteiger charge is 2.34. The fourth-order valence-corrected chi connectivity index (χ4v) is 1.24. The monoisotopic (exact) mass is 223 g/mol. The van der Waals surface area contributed by atoms with Crippen molar-refractivity contribution in [3.8, 4) is 0 Å². The average Bonchev–Trinajstić information content (AvgIpc) is 2.15. The molecule has 0 amide bonds. The van der Waals surface area contributed by atoms with Gasteiger partial charge < -0.3 is 0 Å². The Kier molecular flexibility index (Phi) is 3.26. The summed E-state index contributed by atoms with van der Waals surface area (Å²) in [6.45, 7) is 1.99. The van der Waals surface area contributed by atoms with Crippen LogP contribution in [0.5, 0.6) is 0 Å². The molecule has 0 bridgehead atoms. The smallest absolute Gasteiger partial charge is 0.285 e. The first-order chi connectivity index (χ1) is 6.46. The maximum atomic E-state index is 12.5. The van der Waals surface area contributed by atoms with Gasteiger partial charge in [-0.2, -0.15) is 13.2 Å². The molecule has 0 atom stereocenters. The van der Waals surface area contributed by atoms with Gasteiger partial charge in [-0.05, 0) is 19.1 Å². The lowest BCUT2D eigenvalue weighted by atomic mass is 10.1. The molecule has 78 valence electrons. The van der Waals surface area contributed by atoms with Crippen molar-refractivity contribution in [2.75, 3.05) is 11.0 Å². The van der Waals surface area contributed by atoms with Crippen molar-refractivity contribution in [3.63, 3.8) is 0 Å². The highest BCUT2D eigenvalue weighted by molar-refractivity contribution is 6.25. The molecule has 1 nitrogen and oxygen atoms in total. The number of anilines is 1. The van der Waals surface area contributed by atoms with E-state index in [0.29, 0.717) is 6.54 Å². The van der Waals surface area contributed by atoms with Crippen LogP contribution in [0.15, 0.2) is 24.3 Å². The van der Waals surface area contributed by atoms with E-state index >= 15 is 0 Å². The van der Waals surface area contributed by atoms with Gasteiger partial charge in [0.05, 0.1) is 11.3 Å². The van der Waals surface area contributed by atoms with E-state index in [2.05, 4.69) is 0 Å². The molecule has 0 aliphatic heterocycles. The highest BCUT2D eigenvalue weighted by atomic mass is 35.5. The van der Waals surface area contributed by atoms with E-state index in [0.717, 1.165) is 10.5 Å². The van der Waals surface area contributed by atoms with Crippen LogP contribution in [0.2, 0.25) is 0 Å². The molecule has 1 aromatic carbocycles. The lowest BCUT2D eigenvalue weighted by Gasteiger charge is -2.18. The number of hydrogen-bond donors (Lipinski definition) is 0. The molecule has 14 heavy (non-hydrogen) atoms. The molecule has 0 saturated heterocycles. The number of para-hydroxylation sites is 1. The van der Waals surface area contributed by atoms with Gasteiger partial charge in [-0.15, -0.1) is 0 Å². The van der Waals surface area contributed by atoms with Gasteiger partial charge in [0.25, 0.3) is 0 Å². The number of benzene rings is 1. The first kappa shape index (κ1) is 11.2. The second-order valence-electron chi connectivity index (χ2n) is 2.69. The fraction of sp³-hybridized carbons (Fsp3) is 0.333. The van der Waals surface area contributed by atoms with Crippen LogP contribution >= 0.6 is 11.8 Å². The number of halogens is 4. The summed E-state index contributed by atoms with van der Waals surface area (Å²) in [6, 6.07) is 5.22. The summed E-state index contributed by atoms with van der Waals surface area (Å²) in [5, 5.41) is 0. The van der Waals surface area contributed by atoms with E-state index in [4.69, 9.17) is 11.8 Å². The zero-order valence-electron chi connectivity index (χ0n) is 7.48. The molecule has 0 heterocycles. The van der Waals surface area contributed by atoms with Crippen molar-refractivity contribution in [1.82, 2.24) is 0 Å². The molecule has 0 saturated carbocycles. The van der Waals surface area contributed by atoms with Gasteiger partial charge in [-0.3, -0.25) is 4.42 Å². The molecule has 1 aromatic rings. The van der Waals surface area contributed by atoms with Crippen LogP contribution in [0.4, 0.5) is 18.9 Å². The minimum atomic E-state index is -4.36. The van der Waals surface area contributed by atoms with E-state index in [1.54, 1.807) is 6.92 Å². The van der Waals surface area contributed by atoms with Crippen LogP contribution in [-0.4, -0.2) is 6.54 Å².